The molecule has 1 unspecified atom stereocenters. The highest BCUT2D eigenvalue weighted by molar-refractivity contribution is 6.10. The maximum Gasteiger partial charge on any atom is 0.334 e. The van der Waals surface area contributed by atoms with Gasteiger partial charge in [-0.2, -0.15) is 0 Å². The molecule has 0 radical (unpaired) electrons. The first-order valence-electron chi connectivity index (χ1n) is 9.35. The van der Waals surface area contributed by atoms with Crippen LogP contribution < -0.4 is 10.1 Å². The van der Waals surface area contributed by atoms with Gasteiger partial charge in [-0.15, -0.1) is 0 Å². The van der Waals surface area contributed by atoms with E-state index in [0.29, 0.717) is 25.0 Å². The second-order valence-electron chi connectivity index (χ2n) is 7.22. The van der Waals surface area contributed by atoms with Gasteiger partial charge in [-0.05, 0) is 64.1 Å². The number of rotatable bonds is 2. The summed E-state index contributed by atoms with van der Waals surface area (Å²) in [7, 11) is 0. The van der Waals surface area contributed by atoms with E-state index in [2.05, 4.69) is 41.7 Å². The van der Waals surface area contributed by atoms with Gasteiger partial charge in [0.2, 0.25) is 5.91 Å². The first kappa shape index (κ1) is 16.1. The number of carbonyl (C=O) groups excluding carboxylic acids is 2. The summed E-state index contributed by atoms with van der Waals surface area (Å²) in [6.45, 7) is 0. The average molecular weight is 357 g/mol. The topological polar surface area (TPSA) is 55.4 Å². The van der Waals surface area contributed by atoms with Crippen LogP contribution in [0.25, 0.3) is 27.6 Å². The molecule has 4 nitrogen and oxygen atoms in total. The van der Waals surface area contributed by atoms with E-state index in [0.717, 1.165) is 17.2 Å². The van der Waals surface area contributed by atoms with Gasteiger partial charge in [0.25, 0.3) is 0 Å². The van der Waals surface area contributed by atoms with Crippen LogP contribution in [0.1, 0.15) is 30.4 Å². The molecule has 3 aromatic rings. The largest absolute Gasteiger partial charge is 0.425 e. The number of piperidine rings is 1. The molecular formula is C23H19NO3. The molecule has 1 saturated heterocycles. The summed E-state index contributed by atoms with van der Waals surface area (Å²) in [4.78, 5) is 23.8. The standard InChI is InChI=1S/C23H19NO3/c25-22-6-2-5-21(24-22)23(26)27-16-9-12-18-15(13-16)8-11-19-17-4-1-3-14(17)7-10-20(18)19/h1,3,7-13,21H,2,4-6H2,(H,24,25). The summed E-state index contributed by atoms with van der Waals surface area (Å²) in [5, 5.41) is 7.37. The molecule has 4 heteroatoms. The minimum atomic E-state index is -0.548. The highest BCUT2D eigenvalue weighted by Gasteiger charge is 2.26. The normalized spacial score (nSPS) is 18.5. The summed E-state index contributed by atoms with van der Waals surface area (Å²) < 4.78 is 5.53. The number of hydrogen-bond acceptors (Lipinski definition) is 3. The Balaban J connectivity index is 1.47. The monoisotopic (exact) mass is 357 g/mol. The zero-order valence-corrected chi connectivity index (χ0v) is 14.8. The van der Waals surface area contributed by atoms with E-state index in [9.17, 15) is 9.59 Å². The van der Waals surface area contributed by atoms with Crippen molar-refractivity contribution in [1.82, 2.24) is 5.32 Å². The number of amides is 1. The zero-order valence-electron chi connectivity index (χ0n) is 14.8. The van der Waals surface area contributed by atoms with E-state index < -0.39 is 12.0 Å². The molecule has 134 valence electrons. The second kappa shape index (κ2) is 6.23. The predicted octanol–water partition coefficient (Wildman–Crippen LogP) is 4.14. The van der Waals surface area contributed by atoms with Crippen LogP contribution in [0.4, 0.5) is 0 Å². The summed E-state index contributed by atoms with van der Waals surface area (Å²) in [6.07, 6.45) is 7.16. The Hall–Kier alpha value is -3.14. The van der Waals surface area contributed by atoms with E-state index in [1.165, 1.54) is 21.9 Å². The molecule has 1 atom stereocenters. The molecule has 1 fully saturated rings. The first-order chi connectivity index (χ1) is 13.2. The summed E-state index contributed by atoms with van der Waals surface area (Å²) in [5.74, 6) is 0.0248. The maximum absolute atomic E-state index is 12.3. The SMILES string of the molecule is O=C1CCCC(C(=O)Oc2ccc3c(ccc4c5c(ccc43)C=CC5)c2)N1. The Kier molecular flexibility index (Phi) is 3.71. The Morgan fingerprint density at radius 1 is 1.04 bits per heavy atom. The molecule has 2 aliphatic rings. The molecule has 0 bridgehead atoms. The van der Waals surface area contributed by atoms with Crippen LogP contribution in [0.5, 0.6) is 5.75 Å². The molecule has 27 heavy (non-hydrogen) atoms. The lowest BCUT2D eigenvalue weighted by Gasteiger charge is -2.21. The van der Waals surface area contributed by atoms with Gasteiger partial charge in [-0.1, -0.05) is 42.5 Å². The number of benzene rings is 3. The molecule has 0 saturated carbocycles. The molecule has 1 amide bonds. The van der Waals surface area contributed by atoms with Crippen molar-refractivity contribution in [3.63, 3.8) is 0 Å². The number of carbonyl (C=O) groups is 2. The fraction of sp³-hybridized carbons (Fsp3) is 0.217. The van der Waals surface area contributed by atoms with Crippen molar-refractivity contribution in [2.75, 3.05) is 0 Å². The van der Waals surface area contributed by atoms with Gasteiger partial charge in [0.1, 0.15) is 11.8 Å². The van der Waals surface area contributed by atoms with Crippen LogP contribution in [-0.4, -0.2) is 17.9 Å². The molecule has 0 aromatic heterocycles. The van der Waals surface area contributed by atoms with E-state index in [4.69, 9.17) is 4.74 Å². The third kappa shape index (κ3) is 2.78. The number of hydrogen-bond donors (Lipinski definition) is 1. The van der Waals surface area contributed by atoms with Gasteiger partial charge in [-0.3, -0.25) is 4.79 Å². The Morgan fingerprint density at radius 3 is 2.78 bits per heavy atom. The lowest BCUT2D eigenvalue weighted by molar-refractivity contribution is -0.140. The van der Waals surface area contributed by atoms with E-state index >= 15 is 0 Å². The van der Waals surface area contributed by atoms with Crippen molar-refractivity contribution in [1.29, 1.82) is 0 Å². The minimum Gasteiger partial charge on any atom is -0.425 e. The summed E-state index contributed by atoms with van der Waals surface area (Å²) >= 11 is 0. The summed E-state index contributed by atoms with van der Waals surface area (Å²) in [5.41, 5.74) is 2.67. The molecular weight excluding hydrogens is 338 g/mol. The van der Waals surface area contributed by atoms with Crippen molar-refractivity contribution in [3.05, 3.63) is 59.7 Å². The van der Waals surface area contributed by atoms with Crippen molar-refractivity contribution < 1.29 is 14.3 Å². The molecule has 1 N–H and O–H groups in total. The predicted molar refractivity (Wildman–Crippen MR) is 106 cm³/mol. The van der Waals surface area contributed by atoms with Gasteiger partial charge in [0.15, 0.2) is 0 Å². The molecule has 1 aliphatic heterocycles. The molecule has 1 aliphatic carbocycles. The lowest BCUT2D eigenvalue weighted by atomic mass is 9.96. The van der Waals surface area contributed by atoms with Crippen LogP contribution in [0.15, 0.2) is 48.5 Å². The summed E-state index contributed by atoms with van der Waals surface area (Å²) in [6, 6.07) is 13.7. The average Bonchev–Trinajstić information content (AvgIpc) is 3.16. The first-order valence-corrected chi connectivity index (χ1v) is 9.35. The molecule has 3 aromatic carbocycles. The fourth-order valence-electron chi connectivity index (χ4n) is 4.12. The highest BCUT2D eigenvalue weighted by atomic mass is 16.5. The maximum atomic E-state index is 12.3. The Labute approximate surface area is 156 Å². The Morgan fingerprint density at radius 2 is 1.89 bits per heavy atom. The van der Waals surface area contributed by atoms with E-state index in [-0.39, 0.29) is 5.91 Å². The number of fused-ring (bicyclic) bond motifs is 5. The number of esters is 1. The van der Waals surface area contributed by atoms with Gasteiger partial charge in [0, 0.05) is 6.42 Å². The molecule has 0 spiro atoms. The quantitative estimate of drug-likeness (QED) is 0.426. The van der Waals surface area contributed by atoms with Gasteiger partial charge in [-0.25, -0.2) is 4.79 Å². The van der Waals surface area contributed by atoms with Crippen LogP contribution in [-0.2, 0) is 16.0 Å². The van der Waals surface area contributed by atoms with Crippen molar-refractivity contribution in [2.45, 2.75) is 31.7 Å². The highest BCUT2D eigenvalue weighted by Crippen LogP contribution is 2.34. The minimum absolute atomic E-state index is 0.0878. The number of ether oxygens (including phenoxy) is 1. The number of allylic oxidation sites excluding steroid dienone is 1. The van der Waals surface area contributed by atoms with Gasteiger partial charge < -0.3 is 10.1 Å². The van der Waals surface area contributed by atoms with Crippen molar-refractivity contribution >= 4 is 39.5 Å². The zero-order chi connectivity index (χ0) is 18.4. The smallest absolute Gasteiger partial charge is 0.334 e. The van der Waals surface area contributed by atoms with Crippen molar-refractivity contribution in [2.24, 2.45) is 0 Å². The lowest BCUT2D eigenvalue weighted by Crippen LogP contribution is -2.45. The third-order valence-electron chi connectivity index (χ3n) is 5.49. The van der Waals surface area contributed by atoms with E-state index in [1.54, 1.807) is 0 Å². The van der Waals surface area contributed by atoms with Crippen LogP contribution in [0.3, 0.4) is 0 Å². The fourth-order valence-corrected chi connectivity index (χ4v) is 4.12. The second-order valence-corrected chi connectivity index (χ2v) is 7.22. The molecule has 5 rings (SSSR count). The third-order valence-corrected chi connectivity index (χ3v) is 5.49. The van der Waals surface area contributed by atoms with Gasteiger partial charge >= 0.3 is 5.97 Å². The van der Waals surface area contributed by atoms with Crippen LogP contribution in [0, 0.1) is 0 Å². The number of nitrogens with one attached hydrogen (secondary N) is 1. The van der Waals surface area contributed by atoms with E-state index in [1.807, 2.05) is 18.2 Å². The van der Waals surface area contributed by atoms with Gasteiger partial charge in [0.05, 0.1) is 0 Å². The van der Waals surface area contributed by atoms with Crippen LogP contribution >= 0.6 is 0 Å². The Bertz CT molecular complexity index is 1130. The molecule has 1 heterocycles. The van der Waals surface area contributed by atoms with Crippen LogP contribution in [0.2, 0.25) is 0 Å². The van der Waals surface area contributed by atoms with Crippen molar-refractivity contribution in [3.8, 4) is 5.75 Å².